The molecule has 0 radical (unpaired) electrons. The number of piperidine rings is 1. The number of nitrogens with one attached hydrogen (secondary N) is 2. The van der Waals surface area contributed by atoms with Crippen molar-refractivity contribution in [2.45, 2.75) is 51.5 Å². The van der Waals surface area contributed by atoms with Gasteiger partial charge in [-0.05, 0) is 47.1 Å². The molecule has 0 aromatic heterocycles. The zero-order valence-corrected chi connectivity index (χ0v) is 18.2. The number of aryl methyl sites for hydroxylation is 1. The fourth-order valence-corrected chi connectivity index (χ4v) is 6.47. The maximum atomic E-state index is 13.4. The minimum atomic E-state index is -3.72. The van der Waals surface area contributed by atoms with Crippen LogP contribution in [-0.2, 0) is 26.0 Å². The normalized spacial score (nSPS) is 21.7. The average Bonchev–Trinajstić information content (AvgIpc) is 2.63. The van der Waals surface area contributed by atoms with Crippen molar-refractivity contribution >= 4 is 27.5 Å². The van der Waals surface area contributed by atoms with Gasteiger partial charge in [-0.25, -0.2) is 8.42 Å². The van der Waals surface area contributed by atoms with Crippen LogP contribution in [0.1, 0.15) is 39.7 Å². The Morgan fingerprint density at radius 3 is 2.41 bits per heavy atom. The third kappa shape index (κ3) is 4.09. The molecule has 0 atom stereocenters. The molecular weight excluding hydrogens is 390 g/mol. The number of rotatable bonds is 4. The Morgan fingerprint density at radius 2 is 1.83 bits per heavy atom. The lowest BCUT2D eigenvalue weighted by Gasteiger charge is -2.52. The molecule has 8 heteroatoms. The van der Waals surface area contributed by atoms with E-state index in [-0.39, 0.29) is 35.8 Å². The summed E-state index contributed by atoms with van der Waals surface area (Å²) in [6, 6.07) is 4.67. The SMILES string of the molecule is C=CC(=O)NC1C(C)(C)CN(S(=O)(=O)c2ccc3c(c2)CCC(=O)N3)CC1(C)C. The van der Waals surface area contributed by atoms with E-state index in [9.17, 15) is 18.0 Å². The van der Waals surface area contributed by atoms with E-state index in [4.69, 9.17) is 0 Å². The largest absolute Gasteiger partial charge is 0.349 e. The third-order valence-electron chi connectivity index (χ3n) is 5.81. The summed E-state index contributed by atoms with van der Waals surface area (Å²) in [6.45, 7) is 11.9. The van der Waals surface area contributed by atoms with E-state index in [1.807, 2.05) is 27.7 Å². The Morgan fingerprint density at radius 1 is 1.21 bits per heavy atom. The van der Waals surface area contributed by atoms with Crippen LogP contribution in [0.4, 0.5) is 5.69 Å². The molecule has 2 heterocycles. The number of fused-ring (bicyclic) bond motifs is 1. The number of nitrogens with zero attached hydrogens (tertiary/aromatic N) is 1. The Hall–Kier alpha value is -2.19. The number of carbonyl (C=O) groups is 2. The van der Waals surface area contributed by atoms with Crippen molar-refractivity contribution in [3.05, 3.63) is 36.4 Å². The summed E-state index contributed by atoms with van der Waals surface area (Å²) in [7, 11) is -3.72. The Balaban J connectivity index is 1.91. The maximum absolute atomic E-state index is 13.4. The van der Waals surface area contributed by atoms with Crippen LogP contribution >= 0.6 is 0 Å². The second kappa shape index (κ2) is 7.25. The maximum Gasteiger partial charge on any atom is 0.243 e. The van der Waals surface area contributed by atoms with Crippen LogP contribution in [0.3, 0.4) is 0 Å². The fourth-order valence-electron chi connectivity index (χ4n) is 4.64. The van der Waals surface area contributed by atoms with Crippen LogP contribution in [0.15, 0.2) is 35.7 Å². The quantitative estimate of drug-likeness (QED) is 0.732. The van der Waals surface area contributed by atoms with Gasteiger partial charge >= 0.3 is 0 Å². The highest BCUT2D eigenvalue weighted by Crippen LogP contribution is 2.42. The lowest BCUT2D eigenvalue weighted by molar-refractivity contribution is -0.120. The first-order chi connectivity index (χ1) is 13.4. The lowest BCUT2D eigenvalue weighted by Crippen LogP contribution is -2.64. The first-order valence-electron chi connectivity index (χ1n) is 9.73. The van der Waals surface area contributed by atoms with E-state index in [1.165, 1.54) is 10.4 Å². The Bertz CT molecular complexity index is 948. The molecule has 2 N–H and O–H groups in total. The van der Waals surface area contributed by atoms with E-state index in [1.54, 1.807) is 18.2 Å². The van der Waals surface area contributed by atoms with Gasteiger partial charge < -0.3 is 10.6 Å². The monoisotopic (exact) mass is 419 g/mol. The summed E-state index contributed by atoms with van der Waals surface area (Å²) in [4.78, 5) is 23.7. The van der Waals surface area contributed by atoms with Crippen LogP contribution < -0.4 is 10.6 Å². The molecule has 1 aromatic rings. The first-order valence-corrected chi connectivity index (χ1v) is 11.2. The van der Waals surface area contributed by atoms with Gasteiger partial charge in [0.05, 0.1) is 4.90 Å². The van der Waals surface area contributed by atoms with Crippen molar-refractivity contribution in [2.24, 2.45) is 10.8 Å². The predicted molar refractivity (Wildman–Crippen MR) is 112 cm³/mol. The summed E-state index contributed by atoms with van der Waals surface area (Å²) in [5, 5.41) is 5.77. The number of hydrogen-bond donors (Lipinski definition) is 2. The van der Waals surface area contributed by atoms with Gasteiger partial charge in [-0.3, -0.25) is 9.59 Å². The van der Waals surface area contributed by atoms with Crippen LogP contribution in [0.2, 0.25) is 0 Å². The molecule has 2 aliphatic rings. The second-order valence-electron chi connectivity index (χ2n) is 9.26. The van der Waals surface area contributed by atoms with Crippen molar-refractivity contribution < 1.29 is 18.0 Å². The standard InChI is InChI=1S/C21H29N3O4S/c1-6-17(25)23-19-20(2,3)12-24(13-21(19,4)5)29(27,28)15-8-9-16-14(11-15)7-10-18(26)22-16/h6,8-9,11,19H,1,7,10,12-13H2,2-5H3,(H,22,26)(H,23,25). The van der Waals surface area contributed by atoms with Gasteiger partial charge in [0.1, 0.15) is 0 Å². The zero-order valence-electron chi connectivity index (χ0n) is 17.4. The summed E-state index contributed by atoms with van der Waals surface area (Å²) < 4.78 is 28.4. The van der Waals surface area contributed by atoms with Gasteiger partial charge in [-0.15, -0.1) is 0 Å². The summed E-state index contributed by atoms with van der Waals surface area (Å²) in [5.74, 6) is -0.315. The minimum Gasteiger partial charge on any atom is -0.349 e. The Kier molecular flexibility index (Phi) is 5.38. The molecule has 2 aliphatic heterocycles. The molecule has 7 nitrogen and oxygen atoms in total. The Labute approximate surface area is 172 Å². The number of anilines is 1. The van der Waals surface area contributed by atoms with Crippen molar-refractivity contribution in [3.63, 3.8) is 0 Å². The molecule has 0 aliphatic carbocycles. The molecule has 158 valence electrons. The van der Waals surface area contributed by atoms with Crippen molar-refractivity contribution in [1.29, 1.82) is 0 Å². The molecule has 0 saturated carbocycles. The fraction of sp³-hybridized carbons (Fsp3) is 0.524. The van der Waals surface area contributed by atoms with Gasteiger partial charge in [0, 0.05) is 31.2 Å². The number of amides is 2. The number of sulfonamides is 1. The van der Waals surface area contributed by atoms with Gasteiger partial charge in [-0.1, -0.05) is 34.3 Å². The zero-order chi connectivity index (χ0) is 21.6. The van der Waals surface area contributed by atoms with Crippen LogP contribution in [0.25, 0.3) is 0 Å². The number of carbonyl (C=O) groups excluding carboxylic acids is 2. The van der Waals surface area contributed by atoms with Crippen LogP contribution in [0, 0.1) is 10.8 Å². The van der Waals surface area contributed by atoms with E-state index in [0.29, 0.717) is 18.5 Å². The number of benzene rings is 1. The molecule has 1 saturated heterocycles. The third-order valence-corrected chi connectivity index (χ3v) is 7.60. The molecular formula is C21H29N3O4S. The molecule has 29 heavy (non-hydrogen) atoms. The molecule has 1 aromatic carbocycles. The van der Waals surface area contributed by atoms with E-state index in [2.05, 4.69) is 17.2 Å². The number of hydrogen-bond acceptors (Lipinski definition) is 4. The van der Waals surface area contributed by atoms with Gasteiger partial charge in [0.2, 0.25) is 21.8 Å². The predicted octanol–water partition coefficient (Wildman–Crippen LogP) is 2.30. The van der Waals surface area contributed by atoms with Gasteiger partial charge in [0.25, 0.3) is 0 Å². The van der Waals surface area contributed by atoms with E-state index in [0.717, 1.165) is 5.56 Å². The lowest BCUT2D eigenvalue weighted by atomic mass is 9.67. The molecule has 0 spiro atoms. The topological polar surface area (TPSA) is 95.6 Å². The molecule has 2 amide bonds. The minimum absolute atomic E-state index is 0.0553. The molecule has 1 fully saturated rings. The first kappa shape index (κ1) is 21.5. The van der Waals surface area contributed by atoms with Gasteiger partial charge in [-0.2, -0.15) is 4.31 Å². The molecule has 0 bridgehead atoms. The van der Waals surface area contributed by atoms with Crippen molar-refractivity contribution in [3.8, 4) is 0 Å². The van der Waals surface area contributed by atoms with Crippen molar-refractivity contribution in [1.82, 2.24) is 9.62 Å². The molecule has 3 rings (SSSR count). The van der Waals surface area contributed by atoms with Crippen molar-refractivity contribution in [2.75, 3.05) is 18.4 Å². The highest BCUT2D eigenvalue weighted by atomic mass is 32.2. The van der Waals surface area contributed by atoms with Gasteiger partial charge in [0.15, 0.2) is 0 Å². The second-order valence-corrected chi connectivity index (χ2v) is 11.2. The average molecular weight is 420 g/mol. The van der Waals surface area contributed by atoms with Crippen LogP contribution in [0.5, 0.6) is 0 Å². The van der Waals surface area contributed by atoms with E-state index >= 15 is 0 Å². The molecule has 0 unspecified atom stereocenters. The summed E-state index contributed by atoms with van der Waals surface area (Å²) in [5.41, 5.74) is 0.551. The highest BCUT2D eigenvalue weighted by Gasteiger charge is 2.50. The van der Waals surface area contributed by atoms with Crippen LogP contribution in [-0.4, -0.2) is 43.7 Å². The summed E-state index contributed by atoms with van der Waals surface area (Å²) in [6.07, 6.45) is 2.11. The smallest absolute Gasteiger partial charge is 0.243 e. The van der Waals surface area contributed by atoms with E-state index < -0.39 is 20.9 Å². The highest BCUT2D eigenvalue weighted by molar-refractivity contribution is 7.89. The summed E-state index contributed by atoms with van der Waals surface area (Å²) >= 11 is 0.